The van der Waals surface area contributed by atoms with Gasteiger partial charge in [0.15, 0.2) is 0 Å². The minimum Gasteiger partial charge on any atom is -0.378 e. The molecule has 1 saturated heterocycles. The van der Waals surface area contributed by atoms with E-state index in [1.165, 1.54) is 12.1 Å². The number of nitrogens with zero attached hydrogens (tertiary/aromatic N) is 2. The van der Waals surface area contributed by atoms with Crippen LogP contribution in [0, 0.1) is 5.82 Å². The number of nitrogen functional groups attached to an aromatic ring is 1. The molecule has 2 aromatic rings. The van der Waals surface area contributed by atoms with Crippen molar-refractivity contribution in [3.8, 4) is 0 Å². The molecule has 0 bridgehead atoms. The van der Waals surface area contributed by atoms with E-state index in [1.54, 1.807) is 6.07 Å². The lowest BCUT2D eigenvalue weighted by atomic mass is 10.0. The summed E-state index contributed by atoms with van der Waals surface area (Å²) in [6, 6.07) is 4.81. The summed E-state index contributed by atoms with van der Waals surface area (Å²) >= 11 is 0. The van der Waals surface area contributed by atoms with Crippen molar-refractivity contribution < 1.29 is 9.13 Å². The van der Waals surface area contributed by atoms with Gasteiger partial charge in [0.2, 0.25) is 5.95 Å². The van der Waals surface area contributed by atoms with Crippen LogP contribution in [-0.4, -0.2) is 22.3 Å². The standard InChI is InChI=1S/C13H16FN3O/c1-8-6-10(4-5-18-8)17-12-7-9(14)2-3-11(12)16-13(17)15/h2-3,7-8,10H,4-6H2,1H3,(H2,15,16). The van der Waals surface area contributed by atoms with Crippen LogP contribution in [0.4, 0.5) is 10.3 Å². The molecular weight excluding hydrogens is 233 g/mol. The Morgan fingerprint density at radius 1 is 1.50 bits per heavy atom. The third kappa shape index (κ3) is 1.84. The first-order chi connectivity index (χ1) is 8.65. The molecule has 0 spiro atoms. The van der Waals surface area contributed by atoms with Crippen molar-refractivity contribution >= 4 is 17.0 Å². The molecule has 0 amide bonds. The molecule has 0 saturated carbocycles. The van der Waals surface area contributed by atoms with Crippen molar-refractivity contribution in [3.05, 3.63) is 24.0 Å². The fourth-order valence-corrected chi connectivity index (χ4v) is 2.68. The predicted molar refractivity (Wildman–Crippen MR) is 67.8 cm³/mol. The molecule has 5 heteroatoms. The Labute approximate surface area is 105 Å². The number of halogens is 1. The number of hydrogen-bond acceptors (Lipinski definition) is 3. The van der Waals surface area contributed by atoms with Gasteiger partial charge in [-0.25, -0.2) is 9.37 Å². The number of fused-ring (bicyclic) bond motifs is 1. The summed E-state index contributed by atoms with van der Waals surface area (Å²) in [6.07, 6.45) is 1.97. The van der Waals surface area contributed by atoms with Gasteiger partial charge < -0.3 is 15.0 Å². The molecule has 0 radical (unpaired) electrons. The van der Waals surface area contributed by atoms with E-state index >= 15 is 0 Å². The summed E-state index contributed by atoms with van der Waals surface area (Å²) < 4.78 is 20.8. The highest BCUT2D eigenvalue weighted by Gasteiger charge is 2.24. The highest BCUT2D eigenvalue weighted by molar-refractivity contribution is 5.78. The number of ether oxygens (including phenoxy) is 1. The quantitative estimate of drug-likeness (QED) is 0.844. The molecule has 96 valence electrons. The zero-order valence-corrected chi connectivity index (χ0v) is 10.3. The lowest BCUT2D eigenvalue weighted by molar-refractivity contribution is 0.00713. The van der Waals surface area contributed by atoms with E-state index < -0.39 is 0 Å². The van der Waals surface area contributed by atoms with Gasteiger partial charge in [0, 0.05) is 12.6 Å². The number of imidazole rings is 1. The molecule has 2 N–H and O–H groups in total. The van der Waals surface area contributed by atoms with Gasteiger partial charge in [-0.3, -0.25) is 0 Å². The van der Waals surface area contributed by atoms with Crippen LogP contribution in [0.15, 0.2) is 18.2 Å². The molecule has 2 atom stereocenters. The molecule has 1 aliphatic heterocycles. The van der Waals surface area contributed by atoms with Crippen LogP contribution in [0.3, 0.4) is 0 Å². The van der Waals surface area contributed by atoms with Crippen LogP contribution in [-0.2, 0) is 4.74 Å². The maximum atomic E-state index is 13.4. The molecule has 3 rings (SSSR count). The summed E-state index contributed by atoms with van der Waals surface area (Å²) in [4.78, 5) is 4.29. The van der Waals surface area contributed by atoms with Crippen LogP contribution in [0.25, 0.3) is 11.0 Å². The lowest BCUT2D eigenvalue weighted by Crippen LogP contribution is -2.26. The van der Waals surface area contributed by atoms with Gasteiger partial charge >= 0.3 is 0 Å². The molecule has 2 unspecified atom stereocenters. The van der Waals surface area contributed by atoms with E-state index in [2.05, 4.69) is 4.98 Å². The SMILES string of the molecule is CC1CC(n2c(N)nc3ccc(F)cc32)CCO1. The van der Waals surface area contributed by atoms with Crippen molar-refractivity contribution in [2.45, 2.75) is 31.9 Å². The molecule has 1 aromatic heterocycles. The van der Waals surface area contributed by atoms with E-state index in [-0.39, 0.29) is 18.0 Å². The Kier molecular flexibility index (Phi) is 2.70. The zero-order valence-electron chi connectivity index (χ0n) is 10.3. The molecule has 18 heavy (non-hydrogen) atoms. The smallest absolute Gasteiger partial charge is 0.201 e. The third-order valence-electron chi connectivity index (χ3n) is 3.50. The number of aromatic nitrogens is 2. The van der Waals surface area contributed by atoms with E-state index in [1.807, 2.05) is 11.5 Å². The molecule has 1 fully saturated rings. The summed E-state index contributed by atoms with van der Waals surface area (Å²) in [5, 5.41) is 0. The maximum absolute atomic E-state index is 13.4. The van der Waals surface area contributed by atoms with Crippen molar-refractivity contribution in [3.63, 3.8) is 0 Å². The summed E-state index contributed by atoms with van der Waals surface area (Å²) in [5.74, 6) is 0.193. The number of hydrogen-bond donors (Lipinski definition) is 1. The van der Waals surface area contributed by atoms with Gasteiger partial charge in [-0.1, -0.05) is 0 Å². The maximum Gasteiger partial charge on any atom is 0.201 e. The Hall–Kier alpha value is -1.62. The number of benzene rings is 1. The van der Waals surface area contributed by atoms with Crippen molar-refractivity contribution in [2.75, 3.05) is 12.3 Å². The van der Waals surface area contributed by atoms with E-state index in [9.17, 15) is 4.39 Å². The largest absolute Gasteiger partial charge is 0.378 e. The predicted octanol–water partition coefficient (Wildman–Crippen LogP) is 2.50. The fourth-order valence-electron chi connectivity index (χ4n) is 2.68. The average molecular weight is 249 g/mol. The average Bonchev–Trinajstić information content (AvgIpc) is 2.64. The Bertz CT molecular complexity index is 581. The highest BCUT2D eigenvalue weighted by atomic mass is 19.1. The number of rotatable bonds is 1. The minimum absolute atomic E-state index is 0.203. The monoisotopic (exact) mass is 249 g/mol. The summed E-state index contributed by atoms with van der Waals surface area (Å²) in [7, 11) is 0. The Morgan fingerprint density at radius 3 is 3.11 bits per heavy atom. The minimum atomic E-state index is -0.260. The number of nitrogens with two attached hydrogens (primary N) is 1. The van der Waals surface area contributed by atoms with Crippen LogP contribution in [0.5, 0.6) is 0 Å². The van der Waals surface area contributed by atoms with E-state index in [0.29, 0.717) is 12.6 Å². The van der Waals surface area contributed by atoms with E-state index in [4.69, 9.17) is 10.5 Å². The second kappa shape index (κ2) is 4.24. The molecule has 0 aliphatic carbocycles. The van der Waals surface area contributed by atoms with Crippen molar-refractivity contribution in [1.82, 2.24) is 9.55 Å². The summed E-state index contributed by atoms with van der Waals surface area (Å²) in [5.41, 5.74) is 7.48. The molecule has 4 nitrogen and oxygen atoms in total. The van der Waals surface area contributed by atoms with Crippen molar-refractivity contribution in [2.24, 2.45) is 0 Å². The third-order valence-corrected chi connectivity index (χ3v) is 3.50. The van der Waals surface area contributed by atoms with Crippen LogP contribution in [0.2, 0.25) is 0 Å². The Balaban J connectivity index is 2.09. The lowest BCUT2D eigenvalue weighted by Gasteiger charge is -2.29. The van der Waals surface area contributed by atoms with Gasteiger partial charge in [0.1, 0.15) is 5.82 Å². The van der Waals surface area contributed by atoms with Crippen LogP contribution >= 0.6 is 0 Å². The van der Waals surface area contributed by atoms with Gasteiger partial charge in [-0.15, -0.1) is 0 Å². The normalized spacial score (nSPS) is 24.6. The molecule has 1 aromatic carbocycles. The first-order valence-electron chi connectivity index (χ1n) is 6.19. The van der Waals surface area contributed by atoms with Gasteiger partial charge in [0.25, 0.3) is 0 Å². The van der Waals surface area contributed by atoms with Gasteiger partial charge in [-0.2, -0.15) is 0 Å². The Morgan fingerprint density at radius 2 is 2.33 bits per heavy atom. The van der Waals surface area contributed by atoms with Crippen LogP contribution in [0.1, 0.15) is 25.8 Å². The second-order valence-electron chi connectivity index (χ2n) is 4.83. The van der Waals surface area contributed by atoms with Crippen molar-refractivity contribution in [1.29, 1.82) is 0 Å². The van der Waals surface area contributed by atoms with E-state index in [0.717, 1.165) is 23.9 Å². The van der Waals surface area contributed by atoms with Crippen LogP contribution < -0.4 is 5.73 Å². The summed E-state index contributed by atoms with van der Waals surface area (Å²) in [6.45, 7) is 2.75. The highest BCUT2D eigenvalue weighted by Crippen LogP contribution is 2.31. The second-order valence-corrected chi connectivity index (χ2v) is 4.83. The topological polar surface area (TPSA) is 53.1 Å². The number of anilines is 1. The zero-order chi connectivity index (χ0) is 12.7. The van der Waals surface area contributed by atoms with Gasteiger partial charge in [-0.05, 0) is 38.0 Å². The first-order valence-corrected chi connectivity index (χ1v) is 6.19. The molecular formula is C13H16FN3O. The molecule has 2 heterocycles. The first kappa shape index (κ1) is 11.5. The fraction of sp³-hybridized carbons (Fsp3) is 0.462. The van der Waals surface area contributed by atoms with Gasteiger partial charge in [0.05, 0.1) is 17.1 Å². The molecule has 1 aliphatic rings.